The molecule has 0 saturated heterocycles. The Morgan fingerprint density at radius 1 is 1.09 bits per heavy atom. The largest absolute Gasteiger partial charge is 0.478 e. The fourth-order valence-electron chi connectivity index (χ4n) is 2.02. The third kappa shape index (κ3) is 3.03. The van der Waals surface area contributed by atoms with E-state index in [4.69, 9.17) is 9.52 Å². The monoisotopic (exact) mass is 310 g/mol. The molecular weight excluding hydrogens is 296 g/mol. The molecule has 0 radical (unpaired) electrons. The normalized spacial score (nSPS) is 10.5. The minimum atomic E-state index is -1.00. The minimum Gasteiger partial charge on any atom is -0.478 e. The number of hydrogen-bond acceptors (Lipinski definition) is 6. The zero-order valence-electron chi connectivity index (χ0n) is 12.6. The molecule has 23 heavy (non-hydrogen) atoms. The SMILES string of the molecule is CN(C)c1ccc(-c2nnc(-c3cccc(C(=O)O)c3)o2)cn1. The second-order valence-corrected chi connectivity index (χ2v) is 5.10. The van der Waals surface area contributed by atoms with Crippen molar-refractivity contribution in [3.63, 3.8) is 0 Å². The summed E-state index contributed by atoms with van der Waals surface area (Å²) < 4.78 is 5.62. The number of rotatable bonds is 4. The Hall–Kier alpha value is -3.22. The number of benzene rings is 1. The number of carboxylic acids is 1. The molecule has 0 aliphatic heterocycles. The number of anilines is 1. The summed E-state index contributed by atoms with van der Waals surface area (Å²) in [4.78, 5) is 17.2. The highest BCUT2D eigenvalue weighted by Gasteiger charge is 2.13. The molecule has 0 spiro atoms. The van der Waals surface area contributed by atoms with E-state index >= 15 is 0 Å². The van der Waals surface area contributed by atoms with Crippen LogP contribution in [0, 0.1) is 0 Å². The van der Waals surface area contributed by atoms with Crippen molar-refractivity contribution >= 4 is 11.8 Å². The van der Waals surface area contributed by atoms with Gasteiger partial charge in [-0.2, -0.15) is 0 Å². The zero-order chi connectivity index (χ0) is 16.4. The van der Waals surface area contributed by atoms with Crippen LogP contribution in [-0.4, -0.2) is 40.4 Å². The highest BCUT2D eigenvalue weighted by Crippen LogP contribution is 2.24. The molecule has 0 aliphatic carbocycles. The third-order valence-electron chi connectivity index (χ3n) is 3.23. The summed E-state index contributed by atoms with van der Waals surface area (Å²) in [6, 6.07) is 10.0. The van der Waals surface area contributed by atoms with Crippen LogP contribution in [0.25, 0.3) is 22.9 Å². The number of aromatic carboxylic acids is 1. The van der Waals surface area contributed by atoms with Gasteiger partial charge in [0.1, 0.15) is 5.82 Å². The number of carboxylic acid groups (broad SMARTS) is 1. The molecule has 116 valence electrons. The van der Waals surface area contributed by atoms with Gasteiger partial charge >= 0.3 is 5.97 Å². The van der Waals surface area contributed by atoms with Crippen LogP contribution in [-0.2, 0) is 0 Å². The van der Waals surface area contributed by atoms with E-state index < -0.39 is 5.97 Å². The van der Waals surface area contributed by atoms with Crippen molar-refractivity contribution in [2.75, 3.05) is 19.0 Å². The Morgan fingerprint density at radius 2 is 1.83 bits per heavy atom. The van der Waals surface area contributed by atoms with Crippen LogP contribution in [0.1, 0.15) is 10.4 Å². The van der Waals surface area contributed by atoms with Gasteiger partial charge in [0.25, 0.3) is 0 Å². The lowest BCUT2D eigenvalue weighted by atomic mass is 10.1. The van der Waals surface area contributed by atoms with Crippen molar-refractivity contribution in [1.82, 2.24) is 15.2 Å². The smallest absolute Gasteiger partial charge is 0.335 e. The van der Waals surface area contributed by atoms with Crippen molar-refractivity contribution in [3.05, 3.63) is 48.2 Å². The standard InChI is InChI=1S/C16H14N4O3/c1-20(2)13-7-6-12(9-17-13)15-19-18-14(23-15)10-4-3-5-11(8-10)16(21)22/h3-9H,1-2H3,(H,21,22). The molecule has 7 heteroatoms. The molecule has 2 aromatic heterocycles. The van der Waals surface area contributed by atoms with Gasteiger partial charge in [-0.05, 0) is 30.3 Å². The maximum absolute atomic E-state index is 11.0. The number of hydrogen-bond donors (Lipinski definition) is 1. The molecule has 0 atom stereocenters. The van der Waals surface area contributed by atoms with Crippen molar-refractivity contribution < 1.29 is 14.3 Å². The fraction of sp³-hybridized carbons (Fsp3) is 0.125. The molecule has 0 aliphatic rings. The average Bonchev–Trinajstić information content (AvgIpc) is 3.05. The van der Waals surface area contributed by atoms with Crippen molar-refractivity contribution in [2.24, 2.45) is 0 Å². The summed E-state index contributed by atoms with van der Waals surface area (Å²) in [5.74, 6) is 0.413. The molecule has 0 amide bonds. The highest BCUT2D eigenvalue weighted by atomic mass is 16.4. The first-order valence-electron chi connectivity index (χ1n) is 6.85. The highest BCUT2D eigenvalue weighted by molar-refractivity contribution is 5.88. The predicted molar refractivity (Wildman–Crippen MR) is 84.3 cm³/mol. The third-order valence-corrected chi connectivity index (χ3v) is 3.23. The van der Waals surface area contributed by atoms with Crippen molar-refractivity contribution in [3.8, 4) is 22.9 Å². The Kier molecular flexibility index (Phi) is 3.76. The van der Waals surface area contributed by atoms with Gasteiger partial charge in [0.2, 0.25) is 11.8 Å². The lowest BCUT2D eigenvalue weighted by Gasteiger charge is -2.10. The minimum absolute atomic E-state index is 0.166. The topological polar surface area (TPSA) is 92.4 Å². The van der Waals surface area contributed by atoms with Crippen molar-refractivity contribution in [2.45, 2.75) is 0 Å². The Morgan fingerprint density at radius 3 is 2.43 bits per heavy atom. The van der Waals surface area contributed by atoms with Gasteiger partial charge in [-0.3, -0.25) is 0 Å². The van der Waals surface area contributed by atoms with Crippen LogP contribution >= 0.6 is 0 Å². The summed E-state index contributed by atoms with van der Waals surface area (Å²) in [7, 11) is 3.81. The predicted octanol–water partition coefficient (Wildman–Crippen LogP) is 2.56. The van der Waals surface area contributed by atoms with E-state index in [1.54, 1.807) is 18.3 Å². The molecule has 0 unspecified atom stereocenters. The van der Waals surface area contributed by atoms with E-state index in [2.05, 4.69) is 15.2 Å². The van der Waals surface area contributed by atoms with E-state index in [1.165, 1.54) is 12.1 Å². The first-order valence-corrected chi connectivity index (χ1v) is 6.85. The fourth-order valence-corrected chi connectivity index (χ4v) is 2.02. The van der Waals surface area contributed by atoms with Gasteiger partial charge in [-0.1, -0.05) is 6.07 Å². The molecule has 3 aromatic rings. The quantitative estimate of drug-likeness (QED) is 0.791. The van der Waals surface area contributed by atoms with E-state index in [9.17, 15) is 4.79 Å². The molecule has 7 nitrogen and oxygen atoms in total. The Balaban J connectivity index is 1.91. The summed E-state index contributed by atoms with van der Waals surface area (Å²) >= 11 is 0. The van der Waals surface area contributed by atoms with Crippen LogP contribution in [0.2, 0.25) is 0 Å². The number of nitrogens with zero attached hydrogens (tertiary/aromatic N) is 4. The average molecular weight is 310 g/mol. The molecule has 1 N–H and O–H groups in total. The molecule has 0 fully saturated rings. The van der Waals surface area contributed by atoms with Gasteiger partial charge in [0.15, 0.2) is 0 Å². The van der Waals surface area contributed by atoms with Gasteiger partial charge in [0.05, 0.1) is 11.1 Å². The Labute approximate surface area is 132 Å². The van der Waals surface area contributed by atoms with E-state index in [-0.39, 0.29) is 11.5 Å². The molecule has 3 rings (SSSR count). The summed E-state index contributed by atoms with van der Waals surface area (Å²) in [6.07, 6.45) is 1.65. The summed E-state index contributed by atoms with van der Waals surface area (Å²) in [5.41, 5.74) is 1.42. The van der Waals surface area contributed by atoms with Crippen LogP contribution in [0.15, 0.2) is 47.0 Å². The molecule has 1 aromatic carbocycles. The van der Waals surface area contributed by atoms with Gasteiger partial charge in [-0.25, -0.2) is 9.78 Å². The van der Waals surface area contributed by atoms with E-state index in [0.717, 1.165) is 5.82 Å². The van der Waals surface area contributed by atoms with Crippen LogP contribution < -0.4 is 4.90 Å². The van der Waals surface area contributed by atoms with Crippen LogP contribution in [0.5, 0.6) is 0 Å². The van der Waals surface area contributed by atoms with Crippen LogP contribution in [0.3, 0.4) is 0 Å². The molecule has 2 heterocycles. The maximum Gasteiger partial charge on any atom is 0.335 e. The Bertz CT molecular complexity index is 841. The van der Waals surface area contributed by atoms with Gasteiger partial charge < -0.3 is 14.4 Å². The van der Waals surface area contributed by atoms with Gasteiger partial charge in [0, 0.05) is 25.9 Å². The first kappa shape index (κ1) is 14.7. The number of pyridine rings is 1. The lowest BCUT2D eigenvalue weighted by molar-refractivity contribution is 0.0697. The number of aromatic nitrogens is 3. The summed E-state index contributed by atoms with van der Waals surface area (Å²) in [6.45, 7) is 0. The summed E-state index contributed by atoms with van der Waals surface area (Å²) in [5, 5.41) is 17.0. The molecular formula is C16H14N4O3. The van der Waals surface area contributed by atoms with Gasteiger partial charge in [-0.15, -0.1) is 10.2 Å². The van der Waals surface area contributed by atoms with E-state index in [0.29, 0.717) is 17.0 Å². The zero-order valence-corrected chi connectivity index (χ0v) is 12.6. The van der Waals surface area contributed by atoms with Crippen LogP contribution in [0.4, 0.5) is 5.82 Å². The van der Waals surface area contributed by atoms with Crippen molar-refractivity contribution in [1.29, 1.82) is 0 Å². The maximum atomic E-state index is 11.0. The van der Waals surface area contributed by atoms with E-state index in [1.807, 2.05) is 31.1 Å². The second-order valence-electron chi connectivity index (χ2n) is 5.10. The number of carbonyl (C=O) groups is 1. The first-order chi connectivity index (χ1) is 11.0. The molecule has 0 saturated carbocycles. The second kappa shape index (κ2) is 5.88. The lowest BCUT2D eigenvalue weighted by Crippen LogP contribution is -2.09. The molecule has 0 bridgehead atoms.